The van der Waals surface area contributed by atoms with Crippen LogP contribution in [0.15, 0.2) is 12.7 Å². The highest BCUT2D eigenvalue weighted by atomic mass is 16.6. The van der Waals surface area contributed by atoms with E-state index in [0.29, 0.717) is 18.6 Å². The highest BCUT2D eigenvalue weighted by Crippen LogP contribution is 2.16. The average molecular weight is 323 g/mol. The van der Waals surface area contributed by atoms with E-state index in [1.807, 2.05) is 30.4 Å². The number of aromatic nitrogens is 3. The van der Waals surface area contributed by atoms with Crippen LogP contribution in [0, 0.1) is 0 Å². The molecule has 23 heavy (non-hydrogen) atoms. The van der Waals surface area contributed by atoms with Gasteiger partial charge in [-0.15, -0.1) is 0 Å². The van der Waals surface area contributed by atoms with Crippen LogP contribution in [0.25, 0.3) is 0 Å². The quantitative estimate of drug-likeness (QED) is 0.898. The van der Waals surface area contributed by atoms with E-state index >= 15 is 0 Å². The van der Waals surface area contributed by atoms with Crippen LogP contribution in [0.3, 0.4) is 0 Å². The van der Waals surface area contributed by atoms with E-state index < -0.39 is 5.60 Å². The lowest BCUT2D eigenvalue weighted by atomic mass is 10.0. The molecule has 1 amide bonds. The van der Waals surface area contributed by atoms with Gasteiger partial charge in [0.2, 0.25) is 0 Å². The zero-order valence-electron chi connectivity index (χ0n) is 14.7. The summed E-state index contributed by atoms with van der Waals surface area (Å²) in [6.45, 7) is 10.2. The van der Waals surface area contributed by atoms with Crippen LogP contribution >= 0.6 is 0 Å². The number of likely N-dealkylation sites (tertiary alicyclic amines) is 1. The van der Waals surface area contributed by atoms with E-state index in [9.17, 15) is 4.79 Å². The molecule has 7 heteroatoms. The number of amides is 1. The third-order valence-corrected chi connectivity index (χ3v) is 3.85. The molecule has 0 aliphatic carbocycles. The first kappa shape index (κ1) is 17.7. The molecule has 1 aliphatic rings. The maximum atomic E-state index is 12.2. The molecule has 130 valence electrons. The molecule has 1 N–H and O–H groups in total. The highest BCUT2D eigenvalue weighted by Gasteiger charge is 2.28. The smallest absolute Gasteiger partial charge is 0.410 e. The van der Waals surface area contributed by atoms with Crippen molar-refractivity contribution in [1.29, 1.82) is 0 Å². The molecule has 7 nitrogen and oxygen atoms in total. The predicted octanol–water partition coefficient (Wildman–Crippen LogP) is 2.05. The summed E-state index contributed by atoms with van der Waals surface area (Å²) in [4.78, 5) is 17.9. The fraction of sp³-hybridized carbons (Fsp3) is 0.812. The Kier molecular flexibility index (Phi) is 5.98. The Balaban J connectivity index is 1.75. The normalized spacial score (nSPS) is 20.3. The SMILES string of the molecule is C[C@@H](CCn1cncn1)N[C@H]1CCCN(C(=O)OC(C)(C)C)C1. The number of hydrogen-bond donors (Lipinski definition) is 1. The molecule has 1 saturated heterocycles. The van der Waals surface area contributed by atoms with Gasteiger partial charge in [-0.3, -0.25) is 4.68 Å². The number of hydrogen-bond acceptors (Lipinski definition) is 5. The van der Waals surface area contributed by atoms with E-state index in [4.69, 9.17) is 4.74 Å². The molecule has 2 atom stereocenters. The van der Waals surface area contributed by atoms with E-state index in [0.717, 1.165) is 32.4 Å². The topological polar surface area (TPSA) is 72.3 Å². The first-order valence-corrected chi connectivity index (χ1v) is 8.40. The summed E-state index contributed by atoms with van der Waals surface area (Å²) in [5, 5.41) is 7.73. The maximum Gasteiger partial charge on any atom is 0.410 e. The fourth-order valence-electron chi connectivity index (χ4n) is 2.77. The number of aryl methyl sites for hydroxylation is 1. The second-order valence-electron chi connectivity index (χ2n) is 7.28. The monoisotopic (exact) mass is 323 g/mol. The second-order valence-corrected chi connectivity index (χ2v) is 7.28. The Morgan fingerprint density at radius 1 is 1.48 bits per heavy atom. The minimum Gasteiger partial charge on any atom is -0.444 e. The Labute approximate surface area is 138 Å². The van der Waals surface area contributed by atoms with Gasteiger partial charge in [-0.2, -0.15) is 5.10 Å². The number of carbonyl (C=O) groups excluding carboxylic acids is 1. The van der Waals surface area contributed by atoms with Crippen molar-refractivity contribution in [1.82, 2.24) is 25.0 Å². The van der Waals surface area contributed by atoms with Crippen molar-refractivity contribution in [3.05, 3.63) is 12.7 Å². The summed E-state index contributed by atoms with van der Waals surface area (Å²) in [5.41, 5.74) is -0.442. The maximum absolute atomic E-state index is 12.2. The average Bonchev–Trinajstić information content (AvgIpc) is 2.97. The fourth-order valence-corrected chi connectivity index (χ4v) is 2.77. The molecule has 0 saturated carbocycles. The van der Waals surface area contributed by atoms with Gasteiger partial charge < -0.3 is 15.0 Å². The molecule has 0 radical (unpaired) electrons. The van der Waals surface area contributed by atoms with Gasteiger partial charge in [-0.05, 0) is 47.0 Å². The van der Waals surface area contributed by atoms with E-state index in [1.165, 1.54) is 0 Å². The number of carbonyl (C=O) groups is 1. The molecule has 2 heterocycles. The van der Waals surface area contributed by atoms with Crippen molar-refractivity contribution < 1.29 is 9.53 Å². The Hall–Kier alpha value is -1.63. The number of nitrogens with zero attached hydrogens (tertiary/aromatic N) is 4. The van der Waals surface area contributed by atoms with Crippen LogP contribution in [0.5, 0.6) is 0 Å². The van der Waals surface area contributed by atoms with E-state index in [2.05, 4.69) is 22.3 Å². The Morgan fingerprint density at radius 2 is 2.26 bits per heavy atom. The summed E-state index contributed by atoms with van der Waals surface area (Å²) in [6, 6.07) is 0.685. The molecule has 0 aromatic carbocycles. The molecule has 1 aromatic rings. The zero-order valence-corrected chi connectivity index (χ0v) is 14.7. The van der Waals surface area contributed by atoms with Gasteiger partial charge in [-0.25, -0.2) is 9.78 Å². The number of piperidine rings is 1. The lowest BCUT2D eigenvalue weighted by Crippen LogP contribution is -2.51. The lowest BCUT2D eigenvalue weighted by Gasteiger charge is -2.35. The summed E-state index contributed by atoms with van der Waals surface area (Å²) in [7, 11) is 0. The first-order chi connectivity index (χ1) is 10.8. The largest absolute Gasteiger partial charge is 0.444 e. The second kappa shape index (κ2) is 7.77. The summed E-state index contributed by atoms with van der Waals surface area (Å²) in [5.74, 6) is 0. The molecule has 0 spiro atoms. The van der Waals surface area contributed by atoms with E-state index in [-0.39, 0.29) is 6.09 Å². The zero-order chi connectivity index (χ0) is 16.9. The number of nitrogens with one attached hydrogen (secondary N) is 1. The van der Waals surface area contributed by atoms with Gasteiger partial charge in [0.25, 0.3) is 0 Å². The van der Waals surface area contributed by atoms with Gasteiger partial charge in [-0.1, -0.05) is 0 Å². The molecule has 1 aliphatic heterocycles. The van der Waals surface area contributed by atoms with Crippen LogP contribution < -0.4 is 5.32 Å². The molecule has 1 fully saturated rings. The molecule has 0 unspecified atom stereocenters. The first-order valence-electron chi connectivity index (χ1n) is 8.40. The van der Waals surface area contributed by atoms with Gasteiger partial charge in [0.1, 0.15) is 18.3 Å². The third kappa shape index (κ3) is 6.17. The third-order valence-electron chi connectivity index (χ3n) is 3.85. The van der Waals surface area contributed by atoms with Gasteiger partial charge in [0, 0.05) is 31.7 Å². The van der Waals surface area contributed by atoms with Gasteiger partial charge >= 0.3 is 6.09 Å². The van der Waals surface area contributed by atoms with Crippen LogP contribution in [-0.4, -0.2) is 56.5 Å². The van der Waals surface area contributed by atoms with Crippen molar-refractivity contribution >= 4 is 6.09 Å². The van der Waals surface area contributed by atoms with Crippen LogP contribution in [0.1, 0.15) is 47.0 Å². The van der Waals surface area contributed by atoms with Crippen molar-refractivity contribution in [2.24, 2.45) is 0 Å². The Morgan fingerprint density at radius 3 is 2.91 bits per heavy atom. The van der Waals surface area contributed by atoms with Crippen molar-refractivity contribution in [2.75, 3.05) is 13.1 Å². The number of rotatable bonds is 5. The van der Waals surface area contributed by atoms with Crippen molar-refractivity contribution in [3.63, 3.8) is 0 Å². The number of ether oxygens (including phenoxy) is 1. The molecular formula is C16H29N5O2. The van der Waals surface area contributed by atoms with Gasteiger partial charge in [0.05, 0.1) is 0 Å². The van der Waals surface area contributed by atoms with E-state index in [1.54, 1.807) is 12.7 Å². The Bertz CT molecular complexity index is 483. The molecular weight excluding hydrogens is 294 g/mol. The summed E-state index contributed by atoms with van der Waals surface area (Å²) >= 11 is 0. The van der Waals surface area contributed by atoms with Crippen LogP contribution in [0.4, 0.5) is 4.79 Å². The molecule has 0 bridgehead atoms. The van der Waals surface area contributed by atoms with Gasteiger partial charge in [0.15, 0.2) is 0 Å². The van der Waals surface area contributed by atoms with Crippen LogP contribution in [0.2, 0.25) is 0 Å². The predicted molar refractivity (Wildman–Crippen MR) is 88.1 cm³/mol. The summed E-state index contributed by atoms with van der Waals surface area (Å²) in [6.07, 6.45) is 6.15. The lowest BCUT2D eigenvalue weighted by molar-refractivity contribution is 0.0183. The molecule has 1 aromatic heterocycles. The molecule has 2 rings (SSSR count). The minimum atomic E-state index is -0.442. The van der Waals surface area contributed by atoms with Crippen molar-refractivity contribution in [2.45, 2.75) is 71.2 Å². The summed E-state index contributed by atoms with van der Waals surface area (Å²) < 4.78 is 7.31. The standard InChI is InChI=1S/C16H29N5O2/c1-13(7-9-21-12-17-11-18-21)19-14-6-5-8-20(10-14)15(22)23-16(2,3)4/h11-14,19H,5-10H2,1-4H3/t13-,14-/m0/s1. The van der Waals surface area contributed by atoms with Crippen LogP contribution in [-0.2, 0) is 11.3 Å². The highest BCUT2D eigenvalue weighted by molar-refractivity contribution is 5.68. The van der Waals surface area contributed by atoms with Crippen molar-refractivity contribution in [3.8, 4) is 0 Å². The minimum absolute atomic E-state index is 0.209.